The molecule has 0 spiro atoms. The summed E-state index contributed by atoms with van der Waals surface area (Å²) in [6.45, 7) is 8.16. The van der Waals surface area contributed by atoms with E-state index in [-0.39, 0.29) is 29.2 Å². The number of benzene rings is 4. The second-order valence-electron chi connectivity index (χ2n) is 14.8. The standard InChI is InChI=1S/C43H46FN5O4Si/c1-43(2,3)54(34-11-7-5-8-12-34,35-13-9-6-10-14-35)53-27-33-21-19-31(26-52-33)38-24-36(40-41(45)47-28-48-49(38)40)30-17-15-29(16-18-30)25-46-42(50)37-23-32(44)20-22-39(37)51-4/h5-18,20,22-24,28,31,33H,19,21,25-27H2,1-4H3,(H,46,50)(H2,45,47,48). The van der Waals surface area contributed by atoms with E-state index in [1.807, 2.05) is 28.8 Å². The maximum atomic E-state index is 13.8. The van der Waals surface area contributed by atoms with E-state index in [1.54, 1.807) is 0 Å². The highest BCUT2D eigenvalue weighted by Gasteiger charge is 2.50. The molecule has 1 saturated heterocycles. The number of amides is 1. The molecule has 7 rings (SSSR count). The average Bonchev–Trinajstić information content (AvgIpc) is 3.59. The highest BCUT2D eigenvalue weighted by molar-refractivity contribution is 6.99. The summed E-state index contributed by atoms with van der Waals surface area (Å²) in [5, 5.41) is 9.88. The van der Waals surface area contributed by atoms with Gasteiger partial charge in [0.15, 0.2) is 5.82 Å². The molecule has 0 saturated carbocycles. The summed E-state index contributed by atoms with van der Waals surface area (Å²) >= 11 is 0. The number of methoxy groups -OCH3 is 1. The first-order valence-corrected chi connectivity index (χ1v) is 20.2. The predicted molar refractivity (Wildman–Crippen MR) is 212 cm³/mol. The number of hydrogen-bond acceptors (Lipinski definition) is 7. The van der Waals surface area contributed by atoms with E-state index in [2.05, 4.69) is 103 Å². The number of nitrogen functional groups attached to an aromatic ring is 1. The molecule has 0 aliphatic carbocycles. The second-order valence-corrected chi connectivity index (χ2v) is 19.1. The topological polar surface area (TPSA) is 113 Å². The molecule has 3 N–H and O–H groups in total. The molecule has 3 heterocycles. The van der Waals surface area contributed by atoms with E-state index in [9.17, 15) is 9.18 Å². The number of fused-ring (bicyclic) bond motifs is 1. The van der Waals surface area contributed by atoms with Crippen molar-refractivity contribution in [2.75, 3.05) is 26.1 Å². The van der Waals surface area contributed by atoms with Gasteiger partial charge in [0.2, 0.25) is 0 Å². The number of nitrogens with one attached hydrogen (secondary N) is 1. The average molecular weight is 744 g/mol. The lowest BCUT2D eigenvalue weighted by Crippen LogP contribution is -2.67. The fraction of sp³-hybridized carbons (Fsp3) is 0.279. The maximum Gasteiger partial charge on any atom is 0.261 e. The Morgan fingerprint density at radius 3 is 2.26 bits per heavy atom. The van der Waals surface area contributed by atoms with E-state index in [0.29, 0.717) is 24.8 Å². The number of halogens is 1. The number of aromatic nitrogens is 3. The minimum absolute atomic E-state index is 0.0386. The quantitative estimate of drug-likeness (QED) is 0.139. The van der Waals surface area contributed by atoms with Gasteiger partial charge in [-0.1, -0.05) is 106 Å². The Kier molecular flexibility index (Phi) is 10.6. The van der Waals surface area contributed by atoms with Crippen LogP contribution in [0.5, 0.6) is 5.75 Å². The number of carbonyl (C=O) groups is 1. The highest BCUT2D eigenvalue weighted by atomic mass is 28.4. The Bertz CT molecular complexity index is 2180. The molecule has 4 aromatic carbocycles. The van der Waals surface area contributed by atoms with E-state index in [1.165, 1.54) is 42.0 Å². The summed E-state index contributed by atoms with van der Waals surface area (Å²) in [5.41, 5.74) is 11.1. The van der Waals surface area contributed by atoms with Crippen molar-refractivity contribution < 1.29 is 23.1 Å². The molecule has 2 unspecified atom stereocenters. The van der Waals surface area contributed by atoms with Gasteiger partial charge >= 0.3 is 0 Å². The molecule has 2 atom stereocenters. The zero-order valence-electron chi connectivity index (χ0n) is 31.1. The van der Waals surface area contributed by atoms with E-state index < -0.39 is 20.0 Å². The fourth-order valence-corrected chi connectivity index (χ4v) is 12.3. The smallest absolute Gasteiger partial charge is 0.261 e. The molecule has 2 aromatic heterocycles. The SMILES string of the molecule is COc1ccc(F)cc1C(=O)NCc1ccc(-c2cc(C3CCC(CO[Si](c4ccccc4)(c4ccccc4)C(C)(C)C)OC3)n3ncnc(N)c23)cc1. The first-order chi connectivity index (χ1) is 26.1. The summed E-state index contributed by atoms with van der Waals surface area (Å²) in [5.74, 6) is -0.135. The third-order valence-corrected chi connectivity index (χ3v) is 15.4. The van der Waals surface area contributed by atoms with Crippen LogP contribution in [0, 0.1) is 5.82 Å². The molecular weight excluding hydrogens is 698 g/mol. The van der Waals surface area contributed by atoms with Gasteiger partial charge in [-0.2, -0.15) is 5.10 Å². The summed E-state index contributed by atoms with van der Waals surface area (Å²) in [6, 6.07) is 35.3. The third-order valence-electron chi connectivity index (χ3n) is 10.4. The number of nitrogens with two attached hydrogens (primary N) is 1. The van der Waals surface area contributed by atoms with Gasteiger partial charge in [0.25, 0.3) is 14.2 Å². The van der Waals surface area contributed by atoms with Crippen molar-refractivity contribution >= 4 is 35.9 Å². The highest BCUT2D eigenvalue weighted by Crippen LogP contribution is 2.39. The second kappa shape index (κ2) is 15.5. The van der Waals surface area contributed by atoms with Crippen molar-refractivity contribution in [3.05, 3.63) is 138 Å². The zero-order chi connectivity index (χ0) is 37.9. The summed E-state index contributed by atoms with van der Waals surface area (Å²) < 4.78 is 34.7. The van der Waals surface area contributed by atoms with Crippen molar-refractivity contribution in [2.24, 2.45) is 0 Å². The van der Waals surface area contributed by atoms with Crippen LogP contribution in [0.2, 0.25) is 5.04 Å². The summed E-state index contributed by atoms with van der Waals surface area (Å²) in [6.07, 6.45) is 3.19. The van der Waals surface area contributed by atoms with E-state index in [4.69, 9.17) is 19.6 Å². The van der Waals surface area contributed by atoms with Crippen LogP contribution in [0.4, 0.5) is 10.2 Å². The molecule has 1 amide bonds. The van der Waals surface area contributed by atoms with Crippen molar-refractivity contribution in [3.8, 4) is 16.9 Å². The lowest BCUT2D eigenvalue weighted by atomic mass is 9.95. The first-order valence-electron chi connectivity index (χ1n) is 18.3. The van der Waals surface area contributed by atoms with Crippen LogP contribution < -0.4 is 26.2 Å². The number of nitrogens with zero attached hydrogens (tertiary/aromatic N) is 3. The summed E-state index contributed by atoms with van der Waals surface area (Å²) in [7, 11) is -1.23. The molecule has 278 valence electrons. The molecule has 6 aromatic rings. The first kappa shape index (κ1) is 37.0. The molecule has 0 bridgehead atoms. The van der Waals surface area contributed by atoms with Gasteiger partial charge in [0.1, 0.15) is 23.4 Å². The molecule has 0 radical (unpaired) electrons. The van der Waals surface area contributed by atoms with Crippen LogP contribution in [-0.2, 0) is 15.7 Å². The molecule has 1 aliphatic heterocycles. The molecule has 54 heavy (non-hydrogen) atoms. The van der Waals surface area contributed by atoms with E-state index >= 15 is 0 Å². The van der Waals surface area contributed by atoms with Crippen molar-refractivity contribution in [3.63, 3.8) is 0 Å². The van der Waals surface area contributed by atoms with Gasteiger partial charge < -0.3 is 25.0 Å². The minimum atomic E-state index is -2.68. The number of ether oxygens (including phenoxy) is 2. The molecule has 11 heteroatoms. The monoisotopic (exact) mass is 743 g/mol. The Hall–Kier alpha value is -5.36. The van der Waals surface area contributed by atoms with Crippen molar-refractivity contribution in [2.45, 2.75) is 57.2 Å². The molecule has 1 fully saturated rings. The minimum Gasteiger partial charge on any atom is -0.496 e. The molecular formula is C43H46FN5O4Si. The van der Waals surface area contributed by atoms with Gasteiger partial charge in [-0.3, -0.25) is 4.79 Å². The number of rotatable bonds is 11. The van der Waals surface area contributed by atoms with Crippen LogP contribution >= 0.6 is 0 Å². The predicted octanol–water partition coefficient (Wildman–Crippen LogP) is 6.90. The van der Waals surface area contributed by atoms with Crippen LogP contribution in [0.25, 0.3) is 16.6 Å². The Balaban J connectivity index is 1.06. The largest absolute Gasteiger partial charge is 0.496 e. The van der Waals surface area contributed by atoms with Gasteiger partial charge in [0, 0.05) is 23.7 Å². The number of hydrogen-bond donors (Lipinski definition) is 2. The number of anilines is 1. The summed E-state index contributed by atoms with van der Waals surface area (Å²) in [4.78, 5) is 17.1. The fourth-order valence-electron chi connectivity index (χ4n) is 7.69. The van der Waals surface area contributed by atoms with Crippen LogP contribution in [0.15, 0.2) is 116 Å². The van der Waals surface area contributed by atoms with Crippen molar-refractivity contribution in [1.82, 2.24) is 19.9 Å². The van der Waals surface area contributed by atoms with Gasteiger partial charge in [-0.15, -0.1) is 0 Å². The maximum absolute atomic E-state index is 13.8. The molecule has 9 nitrogen and oxygen atoms in total. The van der Waals surface area contributed by atoms with Crippen LogP contribution in [-0.4, -0.2) is 55.3 Å². The zero-order valence-corrected chi connectivity index (χ0v) is 32.1. The Labute approximate surface area is 316 Å². The molecule has 1 aliphatic rings. The normalized spacial score (nSPS) is 16.3. The van der Waals surface area contributed by atoms with Crippen LogP contribution in [0.1, 0.15) is 61.1 Å². The van der Waals surface area contributed by atoms with E-state index in [0.717, 1.165) is 40.7 Å². The lowest BCUT2D eigenvalue weighted by molar-refractivity contribution is -0.0240. The van der Waals surface area contributed by atoms with Crippen molar-refractivity contribution in [1.29, 1.82) is 0 Å². The Morgan fingerprint density at radius 2 is 1.65 bits per heavy atom. The van der Waals surface area contributed by atoms with Gasteiger partial charge in [-0.25, -0.2) is 13.9 Å². The van der Waals surface area contributed by atoms with Gasteiger partial charge in [-0.05, 0) is 63.6 Å². The third kappa shape index (κ3) is 7.26. The Morgan fingerprint density at radius 1 is 0.963 bits per heavy atom. The lowest BCUT2D eigenvalue weighted by Gasteiger charge is -2.44. The van der Waals surface area contributed by atoms with Crippen LogP contribution in [0.3, 0.4) is 0 Å². The number of carbonyl (C=O) groups excluding carboxylic acids is 1. The van der Waals surface area contributed by atoms with Gasteiger partial charge in [0.05, 0.1) is 32.0 Å².